The molecule has 0 saturated heterocycles. The summed E-state index contributed by atoms with van der Waals surface area (Å²) >= 11 is 6.06. The van der Waals surface area contributed by atoms with Crippen molar-refractivity contribution < 1.29 is 9.47 Å². The summed E-state index contributed by atoms with van der Waals surface area (Å²) in [6.07, 6.45) is 0.516. The molecule has 0 bridgehead atoms. The Kier molecular flexibility index (Phi) is 4.21. The van der Waals surface area contributed by atoms with E-state index >= 15 is 0 Å². The van der Waals surface area contributed by atoms with Crippen LogP contribution in [-0.2, 0) is 0 Å². The monoisotopic (exact) mass is 390 g/mol. The number of ether oxygens (including phenoxy) is 2. The molecule has 0 aliphatic carbocycles. The molecule has 0 amide bonds. The van der Waals surface area contributed by atoms with Gasteiger partial charge in [0.25, 0.3) is 0 Å². The van der Waals surface area contributed by atoms with Gasteiger partial charge in [-0.1, -0.05) is 54.1 Å². The van der Waals surface area contributed by atoms with Crippen LogP contribution in [0.1, 0.15) is 35.4 Å². The van der Waals surface area contributed by atoms with Crippen molar-refractivity contribution >= 4 is 17.3 Å². The molecule has 0 saturated carbocycles. The quantitative estimate of drug-likeness (QED) is 0.584. The van der Waals surface area contributed by atoms with Gasteiger partial charge in [0.15, 0.2) is 0 Å². The summed E-state index contributed by atoms with van der Waals surface area (Å²) in [4.78, 5) is 0. The van der Waals surface area contributed by atoms with Crippen LogP contribution in [0.15, 0.2) is 77.9 Å². The second-order valence-electron chi connectivity index (χ2n) is 6.94. The minimum absolute atomic E-state index is 0.131. The summed E-state index contributed by atoms with van der Waals surface area (Å²) in [6, 6.07) is 24.2. The Morgan fingerprint density at radius 3 is 2.68 bits per heavy atom. The number of hydrogen-bond acceptors (Lipinski definition) is 4. The highest BCUT2D eigenvalue weighted by molar-refractivity contribution is 6.30. The van der Waals surface area contributed by atoms with Crippen LogP contribution in [0.5, 0.6) is 11.5 Å². The molecule has 2 heterocycles. The van der Waals surface area contributed by atoms with E-state index in [2.05, 4.69) is 11.1 Å². The molecule has 140 valence electrons. The fourth-order valence-electron chi connectivity index (χ4n) is 3.87. The van der Waals surface area contributed by atoms with Gasteiger partial charge in [0.1, 0.15) is 11.5 Å². The molecule has 0 aromatic heterocycles. The summed E-state index contributed by atoms with van der Waals surface area (Å²) in [5.41, 5.74) is 4.30. The maximum Gasteiger partial charge on any atom is 0.214 e. The zero-order valence-electron chi connectivity index (χ0n) is 15.4. The van der Waals surface area contributed by atoms with Gasteiger partial charge in [0.2, 0.25) is 6.23 Å². The van der Waals surface area contributed by atoms with Gasteiger partial charge in [-0.3, -0.25) is 0 Å². The maximum atomic E-state index is 6.38. The summed E-state index contributed by atoms with van der Waals surface area (Å²) in [5, 5.41) is 7.76. The number of benzene rings is 3. The highest BCUT2D eigenvalue weighted by Gasteiger charge is 2.40. The Labute approximate surface area is 169 Å². The second-order valence-corrected chi connectivity index (χ2v) is 7.37. The zero-order valence-corrected chi connectivity index (χ0v) is 16.1. The van der Waals surface area contributed by atoms with Crippen LogP contribution in [0.25, 0.3) is 0 Å². The smallest absolute Gasteiger partial charge is 0.214 e. The van der Waals surface area contributed by atoms with E-state index in [0.717, 1.165) is 45.3 Å². The molecule has 2 aliphatic heterocycles. The van der Waals surface area contributed by atoms with Gasteiger partial charge in [-0.2, -0.15) is 5.10 Å². The second kappa shape index (κ2) is 6.88. The van der Waals surface area contributed by atoms with Gasteiger partial charge >= 0.3 is 0 Å². The van der Waals surface area contributed by atoms with Crippen molar-refractivity contribution in [3.05, 3.63) is 94.5 Å². The highest BCUT2D eigenvalue weighted by Crippen LogP contribution is 2.47. The van der Waals surface area contributed by atoms with E-state index in [1.54, 1.807) is 7.11 Å². The Morgan fingerprint density at radius 1 is 1.04 bits per heavy atom. The van der Waals surface area contributed by atoms with Crippen molar-refractivity contribution in [3.8, 4) is 11.5 Å². The molecular formula is C23H19ClN2O2. The zero-order chi connectivity index (χ0) is 19.1. The van der Waals surface area contributed by atoms with E-state index in [0.29, 0.717) is 0 Å². The van der Waals surface area contributed by atoms with Crippen molar-refractivity contribution in [2.45, 2.75) is 18.7 Å². The predicted molar refractivity (Wildman–Crippen MR) is 110 cm³/mol. The molecule has 0 N–H and O–H groups in total. The molecule has 2 unspecified atom stereocenters. The number of hydrazone groups is 1. The average Bonchev–Trinajstić information content (AvgIpc) is 3.19. The first-order chi connectivity index (χ1) is 13.7. The van der Waals surface area contributed by atoms with E-state index in [1.165, 1.54) is 0 Å². The summed E-state index contributed by atoms with van der Waals surface area (Å²) in [5.74, 6) is 1.71. The molecule has 0 radical (unpaired) electrons. The minimum atomic E-state index is -0.306. The van der Waals surface area contributed by atoms with E-state index in [1.807, 2.05) is 66.7 Å². The van der Waals surface area contributed by atoms with Crippen molar-refractivity contribution in [1.82, 2.24) is 5.01 Å². The first kappa shape index (κ1) is 17.1. The standard InChI is InChI=1S/C23H19ClN2O2/c1-27-18-6-4-5-16(13-18)23-26-21(19-7-2-3-8-22(19)28-23)14-20(25-26)15-9-11-17(24)12-10-15/h2-13,21,23H,14H2,1H3. The van der Waals surface area contributed by atoms with E-state index < -0.39 is 0 Å². The van der Waals surface area contributed by atoms with Crippen molar-refractivity contribution in [1.29, 1.82) is 0 Å². The van der Waals surface area contributed by atoms with Crippen LogP contribution in [0, 0.1) is 0 Å². The fraction of sp³-hybridized carbons (Fsp3) is 0.174. The van der Waals surface area contributed by atoms with Gasteiger partial charge in [-0.15, -0.1) is 0 Å². The lowest BCUT2D eigenvalue weighted by Gasteiger charge is -2.38. The van der Waals surface area contributed by atoms with Gasteiger partial charge < -0.3 is 9.47 Å². The molecule has 5 rings (SSSR count). The largest absolute Gasteiger partial charge is 0.497 e. The third-order valence-electron chi connectivity index (χ3n) is 5.26. The lowest BCUT2D eigenvalue weighted by Crippen LogP contribution is -2.33. The average molecular weight is 391 g/mol. The van der Waals surface area contributed by atoms with E-state index in [-0.39, 0.29) is 12.3 Å². The molecule has 2 atom stereocenters. The number of methoxy groups -OCH3 is 1. The maximum absolute atomic E-state index is 6.38. The first-order valence-corrected chi connectivity index (χ1v) is 9.62. The Bertz CT molecular complexity index is 1050. The van der Waals surface area contributed by atoms with Gasteiger partial charge in [-0.25, -0.2) is 5.01 Å². The van der Waals surface area contributed by atoms with Gasteiger partial charge in [0.05, 0.1) is 18.9 Å². The lowest BCUT2D eigenvalue weighted by atomic mass is 9.96. The van der Waals surface area contributed by atoms with E-state index in [4.69, 9.17) is 26.2 Å². The molecule has 3 aromatic rings. The summed E-state index contributed by atoms with van der Waals surface area (Å²) in [7, 11) is 1.67. The van der Waals surface area contributed by atoms with Crippen LogP contribution in [-0.4, -0.2) is 17.8 Å². The normalized spacial score (nSPS) is 20.1. The summed E-state index contributed by atoms with van der Waals surface area (Å²) in [6.45, 7) is 0. The molecule has 0 fully saturated rings. The van der Waals surface area contributed by atoms with E-state index in [9.17, 15) is 0 Å². The molecule has 4 nitrogen and oxygen atoms in total. The number of fused-ring (bicyclic) bond motifs is 3. The Morgan fingerprint density at radius 2 is 1.86 bits per heavy atom. The van der Waals surface area contributed by atoms with Crippen LogP contribution in [0.3, 0.4) is 0 Å². The highest BCUT2D eigenvalue weighted by atomic mass is 35.5. The number of hydrogen-bond donors (Lipinski definition) is 0. The number of nitrogens with zero attached hydrogens (tertiary/aromatic N) is 2. The fourth-order valence-corrected chi connectivity index (χ4v) is 3.99. The molecule has 3 aromatic carbocycles. The third kappa shape index (κ3) is 2.90. The number of halogens is 1. The van der Waals surface area contributed by atoms with Crippen LogP contribution in [0.2, 0.25) is 5.02 Å². The predicted octanol–water partition coefficient (Wildman–Crippen LogP) is 5.59. The number of para-hydroxylation sites is 1. The minimum Gasteiger partial charge on any atom is -0.497 e. The molecular weight excluding hydrogens is 372 g/mol. The molecule has 28 heavy (non-hydrogen) atoms. The van der Waals surface area contributed by atoms with Crippen LogP contribution in [0.4, 0.5) is 0 Å². The lowest BCUT2D eigenvalue weighted by molar-refractivity contribution is -0.0191. The Balaban J connectivity index is 1.59. The topological polar surface area (TPSA) is 34.1 Å². The van der Waals surface area contributed by atoms with Gasteiger partial charge in [-0.05, 0) is 35.9 Å². The van der Waals surface area contributed by atoms with Gasteiger partial charge in [0, 0.05) is 22.6 Å². The number of rotatable bonds is 3. The van der Waals surface area contributed by atoms with Crippen LogP contribution < -0.4 is 9.47 Å². The summed E-state index contributed by atoms with van der Waals surface area (Å²) < 4.78 is 11.8. The molecule has 0 spiro atoms. The molecule has 2 aliphatic rings. The van der Waals surface area contributed by atoms with Crippen molar-refractivity contribution in [3.63, 3.8) is 0 Å². The van der Waals surface area contributed by atoms with Crippen molar-refractivity contribution in [2.24, 2.45) is 5.10 Å². The van der Waals surface area contributed by atoms with Crippen molar-refractivity contribution in [2.75, 3.05) is 7.11 Å². The van der Waals surface area contributed by atoms with Crippen LogP contribution >= 0.6 is 11.6 Å². The molecule has 5 heteroatoms. The first-order valence-electron chi connectivity index (χ1n) is 9.24. The Hall–Kier alpha value is -2.98. The third-order valence-corrected chi connectivity index (χ3v) is 5.51. The SMILES string of the molecule is COc1cccc(C2Oc3ccccc3C3CC(c4ccc(Cl)cc4)=NN32)c1.